The van der Waals surface area contributed by atoms with Gasteiger partial charge in [-0.2, -0.15) is 0 Å². The molecule has 26 heavy (non-hydrogen) atoms. The third-order valence-corrected chi connectivity index (χ3v) is 6.30. The van der Waals surface area contributed by atoms with Gasteiger partial charge in [-0.1, -0.05) is 6.92 Å². The van der Waals surface area contributed by atoms with Gasteiger partial charge >= 0.3 is 0 Å². The van der Waals surface area contributed by atoms with Crippen molar-refractivity contribution in [2.24, 2.45) is 5.92 Å². The molecule has 0 unspecified atom stereocenters. The molecule has 8 heteroatoms. The Morgan fingerprint density at radius 3 is 2.38 bits per heavy atom. The van der Waals surface area contributed by atoms with Gasteiger partial charge in [0.05, 0.1) is 17.3 Å². The first-order valence-corrected chi connectivity index (χ1v) is 10.4. The quantitative estimate of drug-likeness (QED) is 0.717. The van der Waals surface area contributed by atoms with Gasteiger partial charge in [-0.15, -0.1) is 12.4 Å². The first-order chi connectivity index (χ1) is 12.0. The molecule has 1 heterocycles. The van der Waals surface area contributed by atoms with E-state index in [0.29, 0.717) is 11.5 Å². The lowest BCUT2D eigenvalue weighted by molar-refractivity contribution is 0.0690. The van der Waals surface area contributed by atoms with Gasteiger partial charge in [0, 0.05) is 25.8 Å². The molecule has 0 radical (unpaired) electrons. The minimum Gasteiger partial charge on any atom is -0.384 e. The van der Waals surface area contributed by atoms with Gasteiger partial charge in [-0.3, -0.25) is 4.79 Å². The fourth-order valence-electron chi connectivity index (χ4n) is 2.99. The number of nitrogens with zero attached hydrogens (tertiary/aromatic N) is 1. The Kier molecular flexibility index (Phi) is 9.57. The Morgan fingerprint density at radius 2 is 1.85 bits per heavy atom. The van der Waals surface area contributed by atoms with Crippen molar-refractivity contribution in [3.05, 3.63) is 29.8 Å². The minimum absolute atomic E-state index is 0. The van der Waals surface area contributed by atoms with Crippen LogP contribution in [0.25, 0.3) is 0 Å². The van der Waals surface area contributed by atoms with Crippen molar-refractivity contribution in [2.75, 3.05) is 45.6 Å². The van der Waals surface area contributed by atoms with Crippen molar-refractivity contribution >= 4 is 28.2 Å². The molecule has 148 valence electrons. The van der Waals surface area contributed by atoms with Crippen LogP contribution in [0.4, 0.5) is 0 Å². The Labute approximate surface area is 162 Å². The molecule has 0 spiro atoms. The highest BCUT2D eigenvalue weighted by atomic mass is 35.5. The number of methoxy groups -OCH3 is 1. The summed E-state index contributed by atoms with van der Waals surface area (Å²) in [7, 11) is -1.89. The van der Waals surface area contributed by atoms with Crippen LogP contribution in [0.15, 0.2) is 29.2 Å². The number of nitrogens with one attached hydrogen (secondary N) is 1. The van der Waals surface area contributed by atoms with Crippen LogP contribution in [0.5, 0.6) is 0 Å². The van der Waals surface area contributed by atoms with Crippen LogP contribution in [0, 0.1) is 5.92 Å². The molecule has 1 fully saturated rings. The molecule has 1 saturated heterocycles. The summed E-state index contributed by atoms with van der Waals surface area (Å²) >= 11 is 0. The molecule has 0 atom stereocenters. The lowest BCUT2D eigenvalue weighted by atomic mass is 9.96. The molecule has 0 saturated carbocycles. The number of piperidine rings is 1. The van der Waals surface area contributed by atoms with Gasteiger partial charge in [0.25, 0.3) is 5.91 Å². The van der Waals surface area contributed by atoms with Gasteiger partial charge in [0.1, 0.15) is 0 Å². The minimum atomic E-state index is -3.36. The second-order valence-electron chi connectivity index (χ2n) is 6.38. The van der Waals surface area contributed by atoms with E-state index in [4.69, 9.17) is 4.74 Å². The topological polar surface area (TPSA) is 75.7 Å². The highest BCUT2D eigenvalue weighted by Gasteiger charge is 2.23. The number of amides is 1. The summed E-state index contributed by atoms with van der Waals surface area (Å²) in [6.45, 7) is 5.74. The highest BCUT2D eigenvalue weighted by molar-refractivity contribution is 7.91. The van der Waals surface area contributed by atoms with Crippen LogP contribution in [0.3, 0.4) is 0 Å². The predicted molar refractivity (Wildman–Crippen MR) is 105 cm³/mol. The van der Waals surface area contributed by atoms with E-state index in [1.165, 1.54) is 19.2 Å². The van der Waals surface area contributed by atoms with Crippen molar-refractivity contribution < 1.29 is 17.9 Å². The average Bonchev–Trinajstić information content (AvgIpc) is 2.64. The fourth-order valence-corrected chi connectivity index (χ4v) is 4.16. The van der Waals surface area contributed by atoms with Gasteiger partial charge in [-0.25, -0.2) is 8.42 Å². The normalized spacial score (nSPS) is 15.5. The first kappa shape index (κ1) is 22.9. The number of ether oxygens (including phenoxy) is 1. The Bertz CT molecular complexity index is 656. The lowest BCUT2D eigenvalue weighted by Crippen LogP contribution is -2.40. The van der Waals surface area contributed by atoms with Crippen LogP contribution in [0.1, 0.15) is 30.1 Å². The third kappa shape index (κ3) is 6.23. The number of rotatable bonds is 8. The van der Waals surface area contributed by atoms with Gasteiger partial charge in [0.2, 0.25) is 0 Å². The smallest absolute Gasteiger partial charge is 0.253 e. The number of carbonyl (C=O) groups excluding carboxylic acids is 1. The van der Waals surface area contributed by atoms with E-state index >= 15 is 0 Å². The van der Waals surface area contributed by atoms with Crippen LogP contribution in [0.2, 0.25) is 0 Å². The molecule has 6 nitrogen and oxygen atoms in total. The van der Waals surface area contributed by atoms with Crippen molar-refractivity contribution in [3.8, 4) is 0 Å². The number of likely N-dealkylation sites (tertiary alicyclic amines) is 1. The molecule has 1 aromatic carbocycles. The average molecular weight is 405 g/mol. The number of carbonyl (C=O) groups is 1. The number of halogens is 1. The molecular formula is C18H29ClN2O4S. The van der Waals surface area contributed by atoms with Crippen molar-refractivity contribution in [3.63, 3.8) is 0 Å². The van der Waals surface area contributed by atoms with E-state index in [1.54, 1.807) is 12.1 Å². The monoisotopic (exact) mass is 404 g/mol. The summed E-state index contributed by atoms with van der Waals surface area (Å²) in [6, 6.07) is 6.23. The van der Waals surface area contributed by atoms with Gasteiger partial charge in [-0.05, 0) is 56.1 Å². The van der Waals surface area contributed by atoms with E-state index in [9.17, 15) is 13.2 Å². The first-order valence-electron chi connectivity index (χ1n) is 8.79. The van der Waals surface area contributed by atoms with Crippen molar-refractivity contribution in [1.29, 1.82) is 0 Å². The van der Waals surface area contributed by atoms with E-state index in [1.807, 2.05) is 4.90 Å². The molecular weight excluding hydrogens is 376 g/mol. The van der Waals surface area contributed by atoms with Gasteiger partial charge in [0.15, 0.2) is 9.84 Å². The van der Waals surface area contributed by atoms with Crippen molar-refractivity contribution in [2.45, 2.75) is 24.7 Å². The van der Waals surface area contributed by atoms with Crippen LogP contribution >= 0.6 is 12.4 Å². The zero-order valence-electron chi connectivity index (χ0n) is 15.4. The van der Waals surface area contributed by atoms with E-state index in [0.717, 1.165) is 39.0 Å². The van der Waals surface area contributed by atoms with Crippen molar-refractivity contribution in [1.82, 2.24) is 10.2 Å². The molecule has 1 aliphatic rings. The number of benzene rings is 1. The van der Waals surface area contributed by atoms with Gasteiger partial charge < -0.3 is 15.0 Å². The SMILES string of the molecule is CCNCC1CCN(C(=O)c2ccc(S(=O)(=O)CCOC)cc2)CC1.Cl. The molecule has 0 bridgehead atoms. The van der Waals surface area contributed by atoms with Crippen LogP contribution < -0.4 is 5.32 Å². The molecule has 0 aromatic heterocycles. The summed E-state index contributed by atoms with van der Waals surface area (Å²) in [5.74, 6) is 0.538. The Hall–Kier alpha value is -1.15. The number of hydrogen-bond acceptors (Lipinski definition) is 5. The Morgan fingerprint density at radius 1 is 1.23 bits per heavy atom. The Balaban J connectivity index is 0.00000338. The second kappa shape index (κ2) is 10.9. The maximum Gasteiger partial charge on any atom is 0.253 e. The summed E-state index contributed by atoms with van der Waals surface area (Å²) in [4.78, 5) is 14.7. The second-order valence-corrected chi connectivity index (χ2v) is 8.49. The fraction of sp³-hybridized carbons (Fsp3) is 0.611. The molecule has 1 amide bonds. The standard InChI is InChI=1S/C18H28N2O4S.ClH/c1-3-19-14-15-8-10-20(11-9-15)18(21)16-4-6-17(7-5-16)25(22,23)13-12-24-2;/h4-7,15,19H,3,8-14H2,1-2H3;1H. The molecule has 1 aromatic rings. The summed E-state index contributed by atoms with van der Waals surface area (Å²) < 4.78 is 29.1. The summed E-state index contributed by atoms with van der Waals surface area (Å²) in [5, 5.41) is 3.36. The third-order valence-electron chi connectivity index (χ3n) is 4.60. The van der Waals surface area contributed by atoms with E-state index in [2.05, 4.69) is 12.2 Å². The van der Waals surface area contributed by atoms with Crippen LogP contribution in [-0.2, 0) is 14.6 Å². The number of hydrogen-bond donors (Lipinski definition) is 1. The molecule has 1 aliphatic heterocycles. The van der Waals surface area contributed by atoms with E-state index in [-0.39, 0.29) is 35.6 Å². The van der Waals surface area contributed by atoms with E-state index < -0.39 is 9.84 Å². The summed E-state index contributed by atoms with van der Waals surface area (Å²) in [6.07, 6.45) is 2.00. The lowest BCUT2D eigenvalue weighted by Gasteiger charge is -2.32. The highest BCUT2D eigenvalue weighted by Crippen LogP contribution is 2.19. The largest absolute Gasteiger partial charge is 0.384 e. The predicted octanol–water partition coefficient (Wildman–Crippen LogP) is 1.99. The zero-order chi connectivity index (χ0) is 18.3. The zero-order valence-corrected chi connectivity index (χ0v) is 17.1. The summed E-state index contributed by atoms with van der Waals surface area (Å²) in [5.41, 5.74) is 0.538. The van der Waals surface area contributed by atoms with Crippen LogP contribution in [-0.4, -0.2) is 64.9 Å². The molecule has 0 aliphatic carbocycles. The maximum atomic E-state index is 12.6. The molecule has 1 N–H and O–H groups in total. The maximum absolute atomic E-state index is 12.6. The number of sulfone groups is 1. The molecule has 2 rings (SSSR count).